The highest BCUT2D eigenvalue weighted by Gasteiger charge is 2.45. The van der Waals surface area contributed by atoms with Crippen molar-refractivity contribution >= 4 is 17.3 Å². The van der Waals surface area contributed by atoms with Crippen molar-refractivity contribution in [3.63, 3.8) is 0 Å². The van der Waals surface area contributed by atoms with Gasteiger partial charge in [-0.2, -0.15) is 0 Å². The molecule has 2 heterocycles. The minimum atomic E-state index is -0.861. The Hall–Kier alpha value is -2.59. The van der Waals surface area contributed by atoms with Crippen LogP contribution in [-0.4, -0.2) is 47.3 Å². The number of benzene rings is 1. The fourth-order valence-corrected chi connectivity index (χ4v) is 3.90. The van der Waals surface area contributed by atoms with Crippen molar-refractivity contribution < 1.29 is 28.9 Å². The Bertz CT molecular complexity index is 749. The second-order valence-corrected chi connectivity index (χ2v) is 7.37. The number of nitrogens with zero attached hydrogens (tertiary/aromatic N) is 2. The number of carbonyl (C=O) groups excluding carboxylic acids is 1. The van der Waals surface area contributed by atoms with Crippen LogP contribution in [0.5, 0.6) is 0 Å². The van der Waals surface area contributed by atoms with Gasteiger partial charge < -0.3 is 14.2 Å². The van der Waals surface area contributed by atoms with Gasteiger partial charge in [0, 0.05) is 24.7 Å². The second-order valence-electron chi connectivity index (χ2n) is 7.37. The molecule has 0 aliphatic carbocycles. The van der Waals surface area contributed by atoms with E-state index in [0.29, 0.717) is 6.61 Å². The molecule has 3 rings (SSSR count). The largest absolute Gasteiger partial charge is 0.456 e. The van der Waals surface area contributed by atoms with E-state index < -0.39 is 33.3 Å². The summed E-state index contributed by atoms with van der Waals surface area (Å²) in [4.78, 5) is 33.1. The minimum absolute atomic E-state index is 0.0463. The molecule has 0 bridgehead atoms. The van der Waals surface area contributed by atoms with Crippen molar-refractivity contribution in [2.45, 2.75) is 45.0 Å². The molecule has 0 radical (unpaired) electrons. The van der Waals surface area contributed by atoms with E-state index in [-0.39, 0.29) is 36.2 Å². The van der Waals surface area contributed by atoms with Crippen molar-refractivity contribution in [1.29, 1.82) is 0 Å². The second kappa shape index (κ2) is 8.19. The lowest BCUT2D eigenvalue weighted by atomic mass is 9.79. The van der Waals surface area contributed by atoms with Crippen molar-refractivity contribution in [3.8, 4) is 0 Å². The molecule has 10 nitrogen and oxygen atoms in total. The van der Waals surface area contributed by atoms with Crippen LogP contribution in [0, 0.1) is 32.1 Å². The Balaban J connectivity index is 1.83. The highest BCUT2D eigenvalue weighted by atomic mass is 16.6. The van der Waals surface area contributed by atoms with Gasteiger partial charge in [0.2, 0.25) is 0 Å². The molecule has 0 N–H and O–H groups in total. The standard InChI is InChI=1S/C18H22N2O8/c1-10(2)16-15(9-27-14-4-3-5-26-17(14)16)28-18(21)11-6-12(19(22)23)8-13(7-11)20(24)25/h6-8,10,14-17H,3-5,9H2,1-2H3/t14-,15-,16-,17+/m1/s1. The molecule has 4 atom stereocenters. The van der Waals surface area contributed by atoms with Gasteiger partial charge in [-0.1, -0.05) is 13.8 Å². The Morgan fingerprint density at radius 3 is 2.36 bits per heavy atom. The predicted octanol–water partition coefficient (Wildman–Crippen LogP) is 2.88. The number of nitro benzene ring substituents is 2. The highest BCUT2D eigenvalue weighted by Crippen LogP contribution is 2.36. The minimum Gasteiger partial charge on any atom is -0.456 e. The number of nitro groups is 2. The van der Waals surface area contributed by atoms with Gasteiger partial charge in [-0.3, -0.25) is 20.2 Å². The summed E-state index contributed by atoms with van der Waals surface area (Å²) in [5, 5.41) is 22.1. The van der Waals surface area contributed by atoms with Gasteiger partial charge in [0.25, 0.3) is 11.4 Å². The van der Waals surface area contributed by atoms with E-state index in [1.165, 1.54) is 0 Å². The molecule has 0 aromatic heterocycles. The van der Waals surface area contributed by atoms with Crippen LogP contribution in [-0.2, 0) is 14.2 Å². The lowest BCUT2D eigenvalue weighted by Gasteiger charge is -2.46. The van der Waals surface area contributed by atoms with Crippen molar-refractivity contribution in [2.75, 3.05) is 13.2 Å². The summed E-state index contributed by atoms with van der Waals surface area (Å²) in [6.07, 6.45) is 0.944. The van der Waals surface area contributed by atoms with E-state index in [1.807, 2.05) is 13.8 Å². The first kappa shape index (κ1) is 20.2. The van der Waals surface area contributed by atoms with Crippen LogP contribution in [0.25, 0.3) is 0 Å². The summed E-state index contributed by atoms with van der Waals surface area (Å²) in [6.45, 7) is 4.82. The van der Waals surface area contributed by atoms with Crippen molar-refractivity contribution in [1.82, 2.24) is 0 Å². The van der Waals surface area contributed by atoms with Gasteiger partial charge in [-0.05, 0) is 18.8 Å². The molecule has 28 heavy (non-hydrogen) atoms. The SMILES string of the molecule is CC(C)[C@H]1[C@H]2OCCC[C@H]2OC[C@H]1OC(=O)c1cc([N+](=O)[O-])cc([N+](=O)[O-])c1. The van der Waals surface area contributed by atoms with Crippen LogP contribution in [0.2, 0.25) is 0 Å². The number of rotatable bonds is 5. The van der Waals surface area contributed by atoms with E-state index in [4.69, 9.17) is 14.2 Å². The van der Waals surface area contributed by atoms with E-state index in [2.05, 4.69) is 0 Å². The normalized spacial score (nSPS) is 27.1. The maximum absolute atomic E-state index is 12.6. The average Bonchev–Trinajstić information content (AvgIpc) is 2.66. The number of hydrogen-bond donors (Lipinski definition) is 0. The molecule has 1 aromatic rings. The zero-order chi connectivity index (χ0) is 20.4. The molecule has 0 spiro atoms. The number of hydrogen-bond acceptors (Lipinski definition) is 8. The number of fused-ring (bicyclic) bond motifs is 1. The smallest absolute Gasteiger partial charge is 0.339 e. The molecule has 2 fully saturated rings. The van der Waals surface area contributed by atoms with Gasteiger partial charge >= 0.3 is 5.97 Å². The molecule has 0 amide bonds. The first-order chi connectivity index (χ1) is 13.3. The van der Waals surface area contributed by atoms with E-state index in [0.717, 1.165) is 31.0 Å². The maximum Gasteiger partial charge on any atom is 0.339 e. The maximum atomic E-state index is 12.6. The molecule has 2 saturated heterocycles. The molecule has 2 aliphatic rings. The zero-order valence-corrected chi connectivity index (χ0v) is 15.6. The van der Waals surface area contributed by atoms with E-state index >= 15 is 0 Å². The number of ether oxygens (including phenoxy) is 3. The fraction of sp³-hybridized carbons (Fsp3) is 0.611. The van der Waals surface area contributed by atoms with Crippen LogP contribution in [0.3, 0.4) is 0 Å². The third-order valence-electron chi connectivity index (χ3n) is 5.18. The van der Waals surface area contributed by atoms with Gasteiger partial charge in [0.1, 0.15) is 6.10 Å². The van der Waals surface area contributed by atoms with Crippen LogP contribution >= 0.6 is 0 Å². The van der Waals surface area contributed by atoms with Crippen LogP contribution in [0.1, 0.15) is 37.0 Å². The summed E-state index contributed by atoms with van der Waals surface area (Å²) >= 11 is 0. The van der Waals surface area contributed by atoms with Crippen LogP contribution < -0.4 is 0 Å². The molecular weight excluding hydrogens is 372 g/mol. The van der Waals surface area contributed by atoms with Crippen LogP contribution in [0.4, 0.5) is 11.4 Å². The third-order valence-corrected chi connectivity index (χ3v) is 5.18. The molecule has 2 aliphatic heterocycles. The number of non-ortho nitro benzene ring substituents is 2. The number of esters is 1. The Morgan fingerprint density at radius 2 is 1.79 bits per heavy atom. The summed E-state index contributed by atoms with van der Waals surface area (Å²) in [6, 6.07) is 2.75. The first-order valence-corrected chi connectivity index (χ1v) is 9.16. The Kier molecular flexibility index (Phi) is 5.90. The molecule has 0 saturated carbocycles. The molecule has 152 valence electrons. The summed E-state index contributed by atoms with van der Waals surface area (Å²) in [7, 11) is 0. The molecule has 0 unspecified atom stereocenters. The highest BCUT2D eigenvalue weighted by molar-refractivity contribution is 5.91. The summed E-state index contributed by atoms with van der Waals surface area (Å²) in [5.74, 6) is -0.816. The lowest BCUT2D eigenvalue weighted by Crippen LogP contribution is -2.55. The summed E-state index contributed by atoms with van der Waals surface area (Å²) in [5.41, 5.74) is -1.33. The monoisotopic (exact) mass is 394 g/mol. The Morgan fingerprint density at radius 1 is 1.14 bits per heavy atom. The topological polar surface area (TPSA) is 131 Å². The van der Waals surface area contributed by atoms with E-state index in [9.17, 15) is 25.0 Å². The van der Waals surface area contributed by atoms with Gasteiger partial charge in [-0.15, -0.1) is 0 Å². The lowest BCUT2D eigenvalue weighted by molar-refractivity contribution is -0.394. The van der Waals surface area contributed by atoms with Crippen molar-refractivity contribution in [3.05, 3.63) is 44.0 Å². The third kappa shape index (κ3) is 4.12. The van der Waals surface area contributed by atoms with Crippen molar-refractivity contribution in [2.24, 2.45) is 11.8 Å². The number of carbonyl (C=O) groups is 1. The Labute approximate surface area is 161 Å². The molecule has 1 aromatic carbocycles. The fourth-order valence-electron chi connectivity index (χ4n) is 3.90. The van der Waals surface area contributed by atoms with Crippen LogP contribution in [0.15, 0.2) is 18.2 Å². The predicted molar refractivity (Wildman–Crippen MR) is 96.0 cm³/mol. The molecular formula is C18H22N2O8. The van der Waals surface area contributed by atoms with Gasteiger partial charge in [-0.25, -0.2) is 4.79 Å². The van der Waals surface area contributed by atoms with Gasteiger partial charge in [0.05, 0.1) is 40.3 Å². The first-order valence-electron chi connectivity index (χ1n) is 9.16. The van der Waals surface area contributed by atoms with E-state index in [1.54, 1.807) is 0 Å². The average molecular weight is 394 g/mol. The summed E-state index contributed by atoms with van der Waals surface area (Å²) < 4.78 is 17.3. The zero-order valence-electron chi connectivity index (χ0n) is 15.6. The quantitative estimate of drug-likeness (QED) is 0.423. The molecule has 10 heteroatoms. The van der Waals surface area contributed by atoms with Gasteiger partial charge in [0.15, 0.2) is 0 Å².